The molecule has 4 rings (SSSR count). The second kappa shape index (κ2) is 8.56. The highest BCUT2D eigenvalue weighted by molar-refractivity contribution is 5.14. The fourth-order valence-corrected chi connectivity index (χ4v) is 9.44. The molecule has 0 heterocycles. The van der Waals surface area contributed by atoms with E-state index in [1.54, 1.807) is 0 Å². The van der Waals surface area contributed by atoms with E-state index in [0.29, 0.717) is 41.9 Å². The lowest BCUT2D eigenvalue weighted by Gasteiger charge is -2.63. The second-order valence-corrected chi connectivity index (χ2v) is 13.0. The maximum absolute atomic E-state index is 11.6. The van der Waals surface area contributed by atoms with Crippen LogP contribution in [-0.2, 0) is 0 Å². The zero-order valence-corrected chi connectivity index (χ0v) is 20.5. The van der Waals surface area contributed by atoms with Crippen LogP contribution in [0.5, 0.6) is 0 Å². The van der Waals surface area contributed by atoms with Gasteiger partial charge in [-0.15, -0.1) is 0 Å². The quantitative estimate of drug-likeness (QED) is 0.515. The fraction of sp³-hybridized carbons (Fsp3) is 1.00. The van der Waals surface area contributed by atoms with Crippen molar-refractivity contribution in [3.05, 3.63) is 0 Å². The third-order valence-corrected chi connectivity index (χ3v) is 10.9. The highest BCUT2D eigenvalue weighted by Crippen LogP contribution is 2.68. The summed E-state index contributed by atoms with van der Waals surface area (Å²) in [6.45, 7) is 11.3. The first-order valence-corrected chi connectivity index (χ1v) is 13.2. The number of rotatable bonds is 5. The molecule has 0 saturated heterocycles. The van der Waals surface area contributed by atoms with E-state index in [9.17, 15) is 20.4 Å². The molecule has 0 aromatic carbocycles. The molecule has 0 aromatic rings. The van der Waals surface area contributed by atoms with Gasteiger partial charge in [-0.1, -0.05) is 34.6 Å². The van der Waals surface area contributed by atoms with Crippen molar-refractivity contribution in [2.75, 3.05) is 0 Å². The van der Waals surface area contributed by atoms with Gasteiger partial charge in [0.15, 0.2) is 0 Å². The van der Waals surface area contributed by atoms with E-state index in [1.807, 2.05) is 0 Å². The van der Waals surface area contributed by atoms with E-state index in [-0.39, 0.29) is 41.2 Å². The molecule has 0 spiro atoms. The van der Waals surface area contributed by atoms with Crippen LogP contribution >= 0.6 is 0 Å². The van der Waals surface area contributed by atoms with Crippen LogP contribution in [0.1, 0.15) is 92.4 Å². The molecule has 0 aromatic heterocycles. The predicted octanol–water partition coefficient (Wildman–Crippen LogP) is 4.38. The molecule has 12 atom stereocenters. The lowest BCUT2D eigenvalue weighted by Crippen LogP contribution is -2.61. The van der Waals surface area contributed by atoms with E-state index in [2.05, 4.69) is 34.6 Å². The Bertz CT molecular complexity index is 637. The minimum absolute atomic E-state index is 0.0288. The van der Waals surface area contributed by atoms with Crippen LogP contribution < -0.4 is 0 Å². The first-order chi connectivity index (χ1) is 14.5. The molecule has 0 radical (unpaired) electrons. The largest absolute Gasteiger partial charge is 0.393 e. The molecular formula is C27H48O4. The maximum Gasteiger partial charge on any atom is 0.0602 e. The molecule has 4 fully saturated rings. The van der Waals surface area contributed by atoms with Crippen LogP contribution in [0.25, 0.3) is 0 Å². The number of hydrogen-bond donors (Lipinski definition) is 4. The highest BCUT2D eigenvalue weighted by atomic mass is 16.3. The summed E-state index contributed by atoms with van der Waals surface area (Å²) < 4.78 is 0. The summed E-state index contributed by atoms with van der Waals surface area (Å²) in [6.07, 6.45) is 6.95. The lowest BCUT2D eigenvalue weighted by molar-refractivity contribution is -0.202. The van der Waals surface area contributed by atoms with E-state index in [1.165, 1.54) is 0 Å². The molecule has 4 nitrogen and oxygen atoms in total. The number of hydrogen-bond acceptors (Lipinski definition) is 4. The Morgan fingerprint density at radius 1 is 0.839 bits per heavy atom. The molecule has 4 aliphatic carbocycles. The molecule has 4 saturated carbocycles. The summed E-state index contributed by atoms with van der Waals surface area (Å²) in [5.74, 6) is 2.87. The molecule has 31 heavy (non-hydrogen) atoms. The average molecular weight is 437 g/mol. The van der Waals surface area contributed by atoms with Gasteiger partial charge in [0, 0.05) is 0 Å². The summed E-state index contributed by atoms with van der Waals surface area (Å²) in [5, 5.41) is 43.6. The molecule has 0 bridgehead atoms. The van der Waals surface area contributed by atoms with Gasteiger partial charge in [-0.25, -0.2) is 0 Å². The Morgan fingerprint density at radius 3 is 2.23 bits per heavy atom. The number of aliphatic hydroxyl groups excluding tert-OH is 4. The Morgan fingerprint density at radius 2 is 1.55 bits per heavy atom. The lowest BCUT2D eigenvalue weighted by atomic mass is 9.43. The average Bonchev–Trinajstić information content (AvgIpc) is 3.03. The highest BCUT2D eigenvalue weighted by Gasteiger charge is 2.65. The van der Waals surface area contributed by atoms with Gasteiger partial charge < -0.3 is 20.4 Å². The molecule has 4 heteroatoms. The number of aliphatic hydroxyl groups is 4. The summed E-state index contributed by atoms with van der Waals surface area (Å²) in [7, 11) is 0. The van der Waals surface area contributed by atoms with Gasteiger partial charge in [0.05, 0.1) is 24.4 Å². The third kappa shape index (κ3) is 3.92. The van der Waals surface area contributed by atoms with Crippen LogP contribution in [0.15, 0.2) is 0 Å². The van der Waals surface area contributed by atoms with Crippen molar-refractivity contribution in [3.8, 4) is 0 Å². The Kier molecular flexibility index (Phi) is 6.62. The standard InChI is InChI=1S/C27H48O4/c1-15(2)10-18(29)11-16(3)20-6-7-21-19-13-24(30)23-12-17(28)8-9-26(23,4)22(19)14-25(31)27(20,21)5/h15-25,28-31H,6-14H2,1-5H3. The Hall–Kier alpha value is -0.160. The minimum atomic E-state index is -0.329. The SMILES string of the molecule is CC(C)CC(O)CC(C)C1CCC2C3CC(O)C4CC(O)CCC4(C)C3CC(O)C12C. The van der Waals surface area contributed by atoms with Gasteiger partial charge in [-0.3, -0.25) is 0 Å². The minimum Gasteiger partial charge on any atom is -0.393 e. The Balaban J connectivity index is 1.56. The van der Waals surface area contributed by atoms with Gasteiger partial charge >= 0.3 is 0 Å². The molecule has 180 valence electrons. The van der Waals surface area contributed by atoms with E-state index >= 15 is 0 Å². The second-order valence-electron chi connectivity index (χ2n) is 13.0. The van der Waals surface area contributed by atoms with Gasteiger partial charge in [-0.2, -0.15) is 0 Å². The summed E-state index contributed by atoms with van der Waals surface area (Å²) >= 11 is 0. The number of fused-ring (bicyclic) bond motifs is 5. The zero-order chi connectivity index (χ0) is 22.7. The zero-order valence-electron chi connectivity index (χ0n) is 20.5. The van der Waals surface area contributed by atoms with E-state index in [4.69, 9.17) is 0 Å². The molecule has 12 unspecified atom stereocenters. The summed E-state index contributed by atoms with van der Waals surface area (Å²) in [5.41, 5.74) is -0.0870. The normalized spacial score (nSPS) is 51.7. The van der Waals surface area contributed by atoms with Gasteiger partial charge in [0.25, 0.3) is 0 Å². The smallest absolute Gasteiger partial charge is 0.0602 e. The first-order valence-electron chi connectivity index (χ1n) is 13.2. The van der Waals surface area contributed by atoms with Crippen LogP contribution in [0.4, 0.5) is 0 Å². The van der Waals surface area contributed by atoms with Crippen LogP contribution in [0.2, 0.25) is 0 Å². The first kappa shape index (κ1) is 24.0. The summed E-state index contributed by atoms with van der Waals surface area (Å²) in [4.78, 5) is 0. The van der Waals surface area contributed by atoms with Crippen molar-refractivity contribution < 1.29 is 20.4 Å². The molecule has 4 N–H and O–H groups in total. The van der Waals surface area contributed by atoms with Gasteiger partial charge in [0.1, 0.15) is 0 Å². The molecule has 0 aliphatic heterocycles. The van der Waals surface area contributed by atoms with Crippen molar-refractivity contribution >= 4 is 0 Å². The molecule has 0 amide bonds. The fourth-order valence-electron chi connectivity index (χ4n) is 9.44. The topological polar surface area (TPSA) is 80.9 Å². The maximum atomic E-state index is 11.6. The third-order valence-electron chi connectivity index (χ3n) is 10.9. The molecular weight excluding hydrogens is 388 g/mol. The van der Waals surface area contributed by atoms with Crippen LogP contribution in [0, 0.1) is 52.3 Å². The van der Waals surface area contributed by atoms with Crippen molar-refractivity contribution in [3.63, 3.8) is 0 Å². The van der Waals surface area contributed by atoms with Crippen molar-refractivity contribution in [1.29, 1.82) is 0 Å². The van der Waals surface area contributed by atoms with Crippen molar-refractivity contribution in [1.82, 2.24) is 0 Å². The van der Waals surface area contributed by atoms with Crippen molar-refractivity contribution in [2.45, 2.75) is 117 Å². The van der Waals surface area contributed by atoms with Crippen molar-refractivity contribution in [2.24, 2.45) is 52.3 Å². The van der Waals surface area contributed by atoms with Crippen LogP contribution in [0.3, 0.4) is 0 Å². The summed E-state index contributed by atoms with van der Waals surface area (Å²) in [6, 6.07) is 0. The van der Waals surface area contributed by atoms with Crippen LogP contribution in [-0.4, -0.2) is 44.8 Å². The predicted molar refractivity (Wildman–Crippen MR) is 123 cm³/mol. The van der Waals surface area contributed by atoms with E-state index in [0.717, 1.165) is 51.4 Å². The van der Waals surface area contributed by atoms with Gasteiger partial charge in [-0.05, 0) is 110 Å². The monoisotopic (exact) mass is 436 g/mol. The Labute approximate surface area is 189 Å². The van der Waals surface area contributed by atoms with Gasteiger partial charge in [0.2, 0.25) is 0 Å². The van der Waals surface area contributed by atoms with E-state index < -0.39 is 0 Å². The molecule has 4 aliphatic rings.